The first-order valence-corrected chi connectivity index (χ1v) is 11.4. The molecule has 1 amide bonds. The number of aromatic nitrogens is 1. The number of anilines is 1. The summed E-state index contributed by atoms with van der Waals surface area (Å²) >= 11 is 6.25. The fourth-order valence-corrected chi connectivity index (χ4v) is 4.67. The van der Waals surface area contributed by atoms with Crippen molar-refractivity contribution >= 4 is 29.3 Å². The van der Waals surface area contributed by atoms with Crippen molar-refractivity contribution in [2.24, 2.45) is 0 Å². The molecule has 0 saturated carbocycles. The van der Waals surface area contributed by atoms with Gasteiger partial charge in [0.2, 0.25) is 5.91 Å². The molecule has 0 atom stereocenters. The van der Waals surface area contributed by atoms with Crippen molar-refractivity contribution < 1.29 is 19.1 Å². The first kappa shape index (κ1) is 22.6. The second-order valence-electron chi connectivity index (χ2n) is 8.11. The minimum Gasteiger partial charge on any atom is -0.462 e. The van der Waals surface area contributed by atoms with Crippen LogP contribution in [0.1, 0.15) is 35.7 Å². The number of ether oxygens (including phenoxy) is 2. The van der Waals surface area contributed by atoms with Crippen LogP contribution in [-0.2, 0) is 19.7 Å². The molecule has 4 rings (SSSR count). The molecule has 2 saturated heterocycles. The van der Waals surface area contributed by atoms with E-state index in [0.717, 1.165) is 11.4 Å². The molecule has 3 heterocycles. The number of esters is 1. The van der Waals surface area contributed by atoms with Gasteiger partial charge in [-0.1, -0.05) is 23.7 Å². The number of rotatable bonds is 5. The largest absolute Gasteiger partial charge is 0.462 e. The van der Waals surface area contributed by atoms with Crippen LogP contribution in [0.25, 0.3) is 0 Å². The van der Waals surface area contributed by atoms with Gasteiger partial charge in [-0.3, -0.25) is 4.79 Å². The van der Waals surface area contributed by atoms with Crippen molar-refractivity contribution in [1.29, 1.82) is 0 Å². The van der Waals surface area contributed by atoms with E-state index >= 15 is 0 Å². The Bertz CT molecular complexity index is 952. The summed E-state index contributed by atoms with van der Waals surface area (Å²) in [7, 11) is 0. The van der Waals surface area contributed by atoms with Crippen LogP contribution in [0.5, 0.6) is 0 Å². The Hall–Kier alpha value is -2.64. The maximum Gasteiger partial charge on any atom is 0.339 e. The van der Waals surface area contributed by atoms with E-state index in [4.69, 9.17) is 21.1 Å². The van der Waals surface area contributed by atoms with Crippen molar-refractivity contribution in [2.75, 3.05) is 50.9 Å². The van der Waals surface area contributed by atoms with E-state index in [0.29, 0.717) is 69.4 Å². The highest BCUT2D eigenvalue weighted by Gasteiger charge is 2.44. The normalized spacial score (nSPS) is 18.3. The van der Waals surface area contributed by atoms with E-state index in [1.54, 1.807) is 19.2 Å². The zero-order valence-corrected chi connectivity index (χ0v) is 19.0. The fourth-order valence-electron chi connectivity index (χ4n) is 4.48. The van der Waals surface area contributed by atoms with Crippen molar-refractivity contribution in [2.45, 2.75) is 25.2 Å². The summed E-state index contributed by atoms with van der Waals surface area (Å²) in [4.78, 5) is 34.1. The van der Waals surface area contributed by atoms with Crippen LogP contribution >= 0.6 is 11.6 Å². The number of hydrogen-bond acceptors (Lipinski definition) is 6. The standard InChI is InChI=1S/C24H28ClN3O4/c1-2-32-22(29)18-6-7-21(26-17-18)27-10-12-28(13-11-27)23(30)24(8-14-31-15-9-24)19-4-3-5-20(25)16-19/h3-7,16-17H,2,8-15H2,1H3. The van der Waals surface area contributed by atoms with Gasteiger partial charge in [0.1, 0.15) is 5.82 Å². The van der Waals surface area contributed by atoms with Crippen molar-refractivity contribution in [3.05, 3.63) is 58.7 Å². The number of piperazine rings is 1. The lowest BCUT2D eigenvalue weighted by atomic mass is 9.73. The van der Waals surface area contributed by atoms with E-state index in [2.05, 4.69) is 9.88 Å². The molecule has 0 N–H and O–H groups in total. The molecule has 8 heteroatoms. The number of nitrogens with zero attached hydrogens (tertiary/aromatic N) is 3. The Morgan fingerprint density at radius 2 is 1.88 bits per heavy atom. The molecule has 1 aromatic heterocycles. The second kappa shape index (κ2) is 9.88. The van der Waals surface area contributed by atoms with E-state index in [9.17, 15) is 9.59 Å². The number of hydrogen-bond donors (Lipinski definition) is 0. The average Bonchev–Trinajstić information content (AvgIpc) is 2.84. The molecule has 2 aliphatic heterocycles. The van der Waals surface area contributed by atoms with E-state index in [-0.39, 0.29) is 11.9 Å². The summed E-state index contributed by atoms with van der Waals surface area (Å²) in [5.41, 5.74) is 0.814. The lowest BCUT2D eigenvalue weighted by Gasteiger charge is -2.43. The molecule has 2 aliphatic rings. The van der Waals surface area contributed by atoms with Gasteiger partial charge in [0.25, 0.3) is 0 Å². The van der Waals surface area contributed by atoms with Gasteiger partial charge in [-0.25, -0.2) is 9.78 Å². The van der Waals surface area contributed by atoms with Crippen LogP contribution < -0.4 is 4.90 Å². The van der Waals surface area contributed by atoms with Gasteiger partial charge in [-0.05, 0) is 49.6 Å². The van der Waals surface area contributed by atoms with Gasteiger partial charge in [-0.2, -0.15) is 0 Å². The Kier molecular flexibility index (Phi) is 6.96. The van der Waals surface area contributed by atoms with Crippen LogP contribution in [-0.4, -0.2) is 67.8 Å². The lowest BCUT2D eigenvalue weighted by Crippen LogP contribution is -2.56. The monoisotopic (exact) mass is 457 g/mol. The highest BCUT2D eigenvalue weighted by atomic mass is 35.5. The lowest BCUT2D eigenvalue weighted by molar-refractivity contribution is -0.141. The van der Waals surface area contributed by atoms with E-state index < -0.39 is 5.41 Å². The third kappa shape index (κ3) is 4.59. The Morgan fingerprint density at radius 1 is 1.12 bits per heavy atom. The van der Waals surface area contributed by atoms with Gasteiger partial charge >= 0.3 is 5.97 Å². The molecule has 0 radical (unpaired) electrons. The summed E-state index contributed by atoms with van der Waals surface area (Å²) < 4.78 is 10.6. The first-order valence-electron chi connectivity index (χ1n) is 11.0. The van der Waals surface area contributed by atoms with Crippen LogP contribution in [0.3, 0.4) is 0 Å². The van der Waals surface area contributed by atoms with Crippen molar-refractivity contribution in [3.63, 3.8) is 0 Å². The number of carbonyl (C=O) groups is 2. The predicted molar refractivity (Wildman–Crippen MR) is 122 cm³/mol. The molecule has 1 aromatic carbocycles. The smallest absolute Gasteiger partial charge is 0.339 e. The minimum absolute atomic E-state index is 0.147. The van der Waals surface area contributed by atoms with Gasteiger partial charge in [0, 0.05) is 50.6 Å². The molecule has 170 valence electrons. The number of halogens is 1. The Balaban J connectivity index is 1.45. The number of carbonyl (C=O) groups excluding carboxylic acids is 2. The minimum atomic E-state index is -0.592. The molecule has 0 spiro atoms. The summed E-state index contributed by atoms with van der Waals surface area (Å²) in [5, 5.41) is 0.642. The Morgan fingerprint density at radius 3 is 2.50 bits per heavy atom. The van der Waals surface area contributed by atoms with Crippen molar-refractivity contribution in [1.82, 2.24) is 9.88 Å². The van der Waals surface area contributed by atoms with E-state index in [1.165, 1.54) is 0 Å². The molecular weight excluding hydrogens is 430 g/mol. The molecule has 2 fully saturated rings. The molecule has 0 bridgehead atoms. The van der Waals surface area contributed by atoms with Gasteiger partial charge in [0.05, 0.1) is 17.6 Å². The van der Waals surface area contributed by atoms with E-state index in [1.807, 2.05) is 35.2 Å². The van der Waals surface area contributed by atoms with Crippen LogP contribution in [0.15, 0.2) is 42.6 Å². The molecular formula is C24H28ClN3O4. The number of benzene rings is 1. The predicted octanol–water partition coefficient (Wildman–Crippen LogP) is 3.31. The van der Waals surface area contributed by atoms with Gasteiger partial charge < -0.3 is 19.3 Å². The summed E-state index contributed by atoms with van der Waals surface area (Å²) in [6, 6.07) is 11.2. The highest BCUT2D eigenvalue weighted by Crippen LogP contribution is 2.38. The topological polar surface area (TPSA) is 72.0 Å². The molecule has 7 nitrogen and oxygen atoms in total. The average molecular weight is 458 g/mol. The van der Waals surface area contributed by atoms with Gasteiger partial charge in [-0.15, -0.1) is 0 Å². The maximum atomic E-state index is 13.8. The summed E-state index contributed by atoms with van der Waals surface area (Å²) in [6.07, 6.45) is 2.85. The maximum absolute atomic E-state index is 13.8. The third-order valence-electron chi connectivity index (χ3n) is 6.28. The molecule has 0 unspecified atom stereocenters. The van der Waals surface area contributed by atoms with Crippen LogP contribution in [0, 0.1) is 0 Å². The molecule has 2 aromatic rings. The van der Waals surface area contributed by atoms with Crippen LogP contribution in [0.4, 0.5) is 5.82 Å². The Labute approximate surface area is 193 Å². The summed E-state index contributed by atoms with van der Waals surface area (Å²) in [5.74, 6) is 0.568. The fraction of sp³-hybridized carbons (Fsp3) is 0.458. The van der Waals surface area contributed by atoms with Crippen LogP contribution in [0.2, 0.25) is 5.02 Å². The first-order chi connectivity index (χ1) is 15.5. The summed E-state index contributed by atoms with van der Waals surface area (Å²) in [6.45, 7) is 5.83. The quantitative estimate of drug-likeness (QED) is 0.641. The molecule has 32 heavy (non-hydrogen) atoms. The second-order valence-corrected chi connectivity index (χ2v) is 8.55. The zero-order chi connectivity index (χ0) is 22.6. The third-order valence-corrected chi connectivity index (χ3v) is 6.52. The van der Waals surface area contributed by atoms with Crippen molar-refractivity contribution in [3.8, 4) is 0 Å². The highest BCUT2D eigenvalue weighted by molar-refractivity contribution is 6.30. The molecule has 0 aliphatic carbocycles. The number of amides is 1. The van der Waals surface area contributed by atoms with Gasteiger partial charge in [0.15, 0.2) is 0 Å². The zero-order valence-electron chi connectivity index (χ0n) is 18.3. The SMILES string of the molecule is CCOC(=O)c1ccc(N2CCN(C(=O)C3(c4cccc(Cl)c4)CCOCC3)CC2)nc1. The number of pyridine rings is 1.